The molecule has 0 saturated heterocycles. The van der Waals surface area contributed by atoms with Gasteiger partial charge < -0.3 is 0 Å². The van der Waals surface area contributed by atoms with Gasteiger partial charge in [-0.25, -0.2) is 4.98 Å². The van der Waals surface area contributed by atoms with Gasteiger partial charge in [-0.05, 0) is 42.3 Å². The topological polar surface area (TPSA) is 58.7 Å². The van der Waals surface area contributed by atoms with Crippen molar-refractivity contribution in [2.24, 2.45) is 0 Å². The maximum Gasteiger partial charge on any atom is 0.262 e. The molecule has 0 amide bonds. The highest BCUT2D eigenvalue weighted by molar-refractivity contribution is 7.98. The predicted octanol–water partition coefficient (Wildman–Crippen LogP) is 4.62. The maximum absolute atomic E-state index is 12.8. The number of nitrogens with zero attached hydrogens (tertiary/aromatic N) is 3. The maximum atomic E-state index is 12.8. The van der Waals surface area contributed by atoms with E-state index in [-0.39, 0.29) is 5.56 Å². The third-order valence-corrected chi connectivity index (χ3v) is 5.04. The first kappa shape index (κ1) is 17.5. The van der Waals surface area contributed by atoms with Crippen LogP contribution in [0.2, 0.25) is 5.02 Å². The van der Waals surface area contributed by atoms with Crippen molar-refractivity contribution in [2.75, 3.05) is 0 Å². The van der Waals surface area contributed by atoms with Crippen LogP contribution >= 0.6 is 23.4 Å². The molecule has 6 heteroatoms. The van der Waals surface area contributed by atoms with Crippen molar-refractivity contribution in [1.29, 1.82) is 5.26 Å². The van der Waals surface area contributed by atoms with E-state index in [1.807, 2.05) is 25.1 Å². The minimum absolute atomic E-state index is 0.0446. The first-order valence-electron chi connectivity index (χ1n) is 7.94. The predicted molar refractivity (Wildman–Crippen MR) is 102 cm³/mol. The smallest absolute Gasteiger partial charge is 0.262 e. The Hall–Kier alpha value is -2.29. The van der Waals surface area contributed by atoms with Gasteiger partial charge in [0.05, 0.1) is 22.5 Å². The molecule has 1 aromatic heterocycles. The minimum Gasteiger partial charge on any atom is -0.287 e. The summed E-state index contributed by atoms with van der Waals surface area (Å²) in [5, 5.41) is 10.8. The van der Waals surface area contributed by atoms with Crippen LogP contribution < -0.4 is 5.56 Å². The number of rotatable bonds is 5. The summed E-state index contributed by atoms with van der Waals surface area (Å²) in [6.07, 6.45) is 0.845. The largest absolute Gasteiger partial charge is 0.287 e. The van der Waals surface area contributed by atoms with Gasteiger partial charge in [-0.3, -0.25) is 9.36 Å². The fourth-order valence-corrected chi connectivity index (χ4v) is 3.72. The van der Waals surface area contributed by atoms with E-state index in [1.165, 1.54) is 11.8 Å². The average Bonchev–Trinajstić information content (AvgIpc) is 2.62. The second-order valence-corrected chi connectivity index (χ2v) is 6.99. The zero-order valence-electron chi connectivity index (χ0n) is 13.7. The molecule has 25 heavy (non-hydrogen) atoms. The third-order valence-electron chi connectivity index (χ3n) is 3.75. The summed E-state index contributed by atoms with van der Waals surface area (Å²) in [7, 11) is 0. The van der Waals surface area contributed by atoms with Crippen LogP contribution in [-0.2, 0) is 12.3 Å². The van der Waals surface area contributed by atoms with Crippen molar-refractivity contribution < 1.29 is 0 Å². The summed E-state index contributed by atoms with van der Waals surface area (Å²) in [6.45, 7) is 2.65. The monoisotopic (exact) mass is 369 g/mol. The number of fused-ring (bicyclic) bond motifs is 1. The van der Waals surface area contributed by atoms with Crippen LogP contribution in [0.5, 0.6) is 0 Å². The summed E-state index contributed by atoms with van der Waals surface area (Å²) in [5.41, 5.74) is 2.21. The second kappa shape index (κ2) is 7.73. The molecule has 0 atom stereocenters. The van der Waals surface area contributed by atoms with E-state index in [0.29, 0.717) is 38.9 Å². The molecule has 0 unspecified atom stereocenters. The molecule has 0 N–H and O–H groups in total. The molecule has 126 valence electrons. The molecular formula is C19H16ClN3OS. The van der Waals surface area contributed by atoms with E-state index in [9.17, 15) is 4.79 Å². The van der Waals surface area contributed by atoms with Crippen molar-refractivity contribution in [2.45, 2.75) is 30.8 Å². The van der Waals surface area contributed by atoms with Gasteiger partial charge in [0.1, 0.15) is 0 Å². The quantitative estimate of drug-likeness (QED) is 0.486. The van der Waals surface area contributed by atoms with Gasteiger partial charge >= 0.3 is 0 Å². The van der Waals surface area contributed by atoms with Crippen molar-refractivity contribution in [1.82, 2.24) is 9.55 Å². The van der Waals surface area contributed by atoms with E-state index in [1.54, 1.807) is 28.8 Å². The molecule has 4 nitrogen and oxygen atoms in total. The van der Waals surface area contributed by atoms with Gasteiger partial charge in [-0.1, -0.05) is 42.4 Å². The van der Waals surface area contributed by atoms with Gasteiger partial charge in [-0.2, -0.15) is 5.26 Å². The van der Waals surface area contributed by atoms with E-state index < -0.39 is 0 Å². The first-order valence-corrected chi connectivity index (χ1v) is 9.30. The van der Waals surface area contributed by atoms with Crippen LogP contribution in [0.4, 0.5) is 0 Å². The van der Waals surface area contributed by atoms with Crippen LogP contribution in [0.15, 0.2) is 52.4 Å². The number of benzene rings is 2. The van der Waals surface area contributed by atoms with Gasteiger partial charge in [-0.15, -0.1) is 0 Å². The Morgan fingerprint density at radius 3 is 2.88 bits per heavy atom. The van der Waals surface area contributed by atoms with Crippen LogP contribution in [0, 0.1) is 11.3 Å². The highest BCUT2D eigenvalue weighted by Gasteiger charge is 2.12. The van der Waals surface area contributed by atoms with E-state index in [0.717, 1.165) is 12.0 Å². The first-order chi connectivity index (χ1) is 12.1. The average molecular weight is 370 g/mol. The van der Waals surface area contributed by atoms with E-state index >= 15 is 0 Å². The van der Waals surface area contributed by atoms with Crippen molar-refractivity contribution in [3.63, 3.8) is 0 Å². The highest BCUT2D eigenvalue weighted by Crippen LogP contribution is 2.24. The lowest BCUT2D eigenvalue weighted by Gasteiger charge is -2.12. The Balaban J connectivity index is 2.00. The Kier molecular flexibility index (Phi) is 5.42. The van der Waals surface area contributed by atoms with Crippen molar-refractivity contribution in [3.8, 4) is 6.07 Å². The Morgan fingerprint density at radius 2 is 2.12 bits per heavy atom. The summed E-state index contributed by atoms with van der Waals surface area (Å²) in [4.78, 5) is 17.4. The minimum atomic E-state index is -0.0446. The van der Waals surface area contributed by atoms with Crippen LogP contribution in [0.1, 0.15) is 24.5 Å². The number of hydrogen-bond acceptors (Lipinski definition) is 4. The lowest BCUT2D eigenvalue weighted by atomic mass is 10.2. The second-order valence-electron chi connectivity index (χ2n) is 5.61. The molecule has 1 heterocycles. The molecular weight excluding hydrogens is 354 g/mol. The van der Waals surface area contributed by atoms with Crippen molar-refractivity contribution >= 4 is 34.3 Å². The molecule has 2 aromatic carbocycles. The zero-order valence-corrected chi connectivity index (χ0v) is 15.3. The molecule has 0 saturated carbocycles. The van der Waals surface area contributed by atoms with Gasteiger partial charge in [0.2, 0.25) is 0 Å². The number of aromatic nitrogens is 2. The standard InChI is InChI=1S/C19H16ClN3OS/c1-2-8-23-18(24)16-7-6-15(20)10-17(16)22-19(23)25-12-14-5-3-4-13(9-14)11-21/h3-7,9-10H,2,8,12H2,1H3. The Labute approximate surface area is 155 Å². The molecule has 0 aliphatic rings. The molecule has 0 spiro atoms. The summed E-state index contributed by atoms with van der Waals surface area (Å²) < 4.78 is 1.72. The summed E-state index contributed by atoms with van der Waals surface area (Å²) in [5.74, 6) is 0.637. The van der Waals surface area contributed by atoms with Crippen molar-refractivity contribution in [3.05, 3.63) is 69.0 Å². The lowest BCUT2D eigenvalue weighted by Crippen LogP contribution is -2.23. The van der Waals surface area contributed by atoms with Crippen LogP contribution in [0.3, 0.4) is 0 Å². The van der Waals surface area contributed by atoms with Crippen LogP contribution in [0.25, 0.3) is 10.9 Å². The Morgan fingerprint density at radius 1 is 1.28 bits per heavy atom. The SMILES string of the molecule is CCCn1c(SCc2cccc(C#N)c2)nc2cc(Cl)ccc2c1=O. The number of nitriles is 1. The molecule has 3 rings (SSSR count). The molecule has 0 aliphatic carbocycles. The fraction of sp³-hybridized carbons (Fsp3) is 0.211. The fourth-order valence-electron chi connectivity index (χ4n) is 2.58. The normalized spacial score (nSPS) is 10.8. The number of halogens is 1. The number of thioether (sulfide) groups is 1. The third kappa shape index (κ3) is 3.87. The van der Waals surface area contributed by atoms with Gasteiger partial charge in [0.25, 0.3) is 5.56 Å². The van der Waals surface area contributed by atoms with Gasteiger partial charge in [0, 0.05) is 17.3 Å². The molecule has 0 bridgehead atoms. The lowest BCUT2D eigenvalue weighted by molar-refractivity contribution is 0.585. The zero-order chi connectivity index (χ0) is 17.8. The molecule has 0 radical (unpaired) electrons. The van der Waals surface area contributed by atoms with E-state index in [2.05, 4.69) is 11.1 Å². The summed E-state index contributed by atoms with van der Waals surface area (Å²) in [6, 6.07) is 14.8. The van der Waals surface area contributed by atoms with Crippen LogP contribution in [-0.4, -0.2) is 9.55 Å². The number of hydrogen-bond donors (Lipinski definition) is 0. The summed E-state index contributed by atoms with van der Waals surface area (Å²) >= 11 is 7.54. The van der Waals surface area contributed by atoms with E-state index in [4.69, 9.17) is 16.9 Å². The Bertz CT molecular complexity index is 1020. The molecule has 0 fully saturated rings. The highest BCUT2D eigenvalue weighted by atomic mass is 35.5. The molecule has 3 aromatic rings. The van der Waals surface area contributed by atoms with Gasteiger partial charge in [0.15, 0.2) is 5.16 Å². The molecule has 0 aliphatic heterocycles.